The predicted molar refractivity (Wildman–Crippen MR) is 71.5 cm³/mol. The maximum atomic E-state index is 12.3. The van der Waals surface area contributed by atoms with E-state index in [2.05, 4.69) is 5.32 Å². The van der Waals surface area contributed by atoms with Gasteiger partial charge in [0.2, 0.25) is 11.8 Å². The van der Waals surface area contributed by atoms with Gasteiger partial charge in [-0.1, -0.05) is 29.8 Å². The summed E-state index contributed by atoms with van der Waals surface area (Å²) < 4.78 is 0. The Balaban J connectivity index is 1.67. The fourth-order valence-electron chi connectivity index (χ4n) is 3.02. The van der Waals surface area contributed by atoms with Gasteiger partial charge in [-0.05, 0) is 18.9 Å². The van der Waals surface area contributed by atoms with E-state index < -0.39 is 0 Å². The number of hydrogen-bond donors (Lipinski definition) is 1. The number of aryl methyl sites for hydroxylation is 1. The lowest BCUT2D eigenvalue weighted by Gasteiger charge is -2.22. The Hall–Kier alpha value is -1.84. The van der Waals surface area contributed by atoms with E-state index >= 15 is 0 Å². The Morgan fingerprint density at radius 1 is 1.37 bits per heavy atom. The topological polar surface area (TPSA) is 49.4 Å². The molecule has 2 aliphatic rings. The van der Waals surface area contributed by atoms with E-state index in [0.29, 0.717) is 12.8 Å². The van der Waals surface area contributed by atoms with Gasteiger partial charge in [-0.2, -0.15) is 0 Å². The molecule has 1 N–H and O–H groups in total. The number of amides is 2. The maximum Gasteiger partial charge on any atom is 0.227 e. The van der Waals surface area contributed by atoms with E-state index in [0.717, 1.165) is 18.5 Å². The molecule has 0 radical (unpaired) electrons. The van der Waals surface area contributed by atoms with Crippen molar-refractivity contribution in [3.05, 3.63) is 35.4 Å². The summed E-state index contributed by atoms with van der Waals surface area (Å²) in [5, 5.41) is 2.94. The van der Waals surface area contributed by atoms with Gasteiger partial charge < -0.3 is 10.2 Å². The van der Waals surface area contributed by atoms with Crippen LogP contribution in [0.5, 0.6) is 0 Å². The molecule has 3 rings (SSSR count). The third-order valence-corrected chi connectivity index (χ3v) is 4.08. The highest BCUT2D eigenvalue weighted by Crippen LogP contribution is 2.26. The van der Waals surface area contributed by atoms with Gasteiger partial charge in [0.25, 0.3) is 0 Å². The largest absolute Gasteiger partial charge is 0.351 e. The fourth-order valence-corrected chi connectivity index (χ4v) is 3.02. The molecule has 1 aromatic rings. The van der Waals surface area contributed by atoms with Crippen LogP contribution in [0, 0.1) is 6.92 Å². The summed E-state index contributed by atoms with van der Waals surface area (Å²) in [6.07, 6.45) is 1.78. The maximum absolute atomic E-state index is 12.3. The fraction of sp³-hybridized carbons (Fsp3) is 0.467. The van der Waals surface area contributed by atoms with E-state index in [1.807, 2.05) is 36.1 Å². The second-order valence-electron chi connectivity index (χ2n) is 5.48. The summed E-state index contributed by atoms with van der Waals surface area (Å²) in [6, 6.07) is 8.30. The van der Waals surface area contributed by atoms with Crippen LogP contribution in [0.15, 0.2) is 24.3 Å². The first-order valence-electron chi connectivity index (χ1n) is 6.78. The zero-order valence-electron chi connectivity index (χ0n) is 11.1. The van der Waals surface area contributed by atoms with Crippen LogP contribution >= 0.6 is 0 Å². The van der Waals surface area contributed by atoms with E-state index in [4.69, 9.17) is 0 Å². The third-order valence-electron chi connectivity index (χ3n) is 4.08. The molecular formula is C15H18N2O2. The average Bonchev–Trinajstić information content (AvgIpc) is 2.90. The van der Waals surface area contributed by atoms with Crippen molar-refractivity contribution < 1.29 is 9.59 Å². The second kappa shape index (κ2) is 4.68. The number of hydrogen-bond acceptors (Lipinski definition) is 2. The van der Waals surface area contributed by atoms with Crippen molar-refractivity contribution in [1.29, 1.82) is 0 Å². The first-order valence-corrected chi connectivity index (χ1v) is 6.78. The highest BCUT2D eigenvalue weighted by Gasteiger charge is 2.43. The van der Waals surface area contributed by atoms with Crippen molar-refractivity contribution >= 4 is 11.8 Å². The Labute approximate surface area is 112 Å². The molecule has 0 bridgehead atoms. The lowest BCUT2D eigenvalue weighted by atomic mass is 10.1. The quantitative estimate of drug-likeness (QED) is 0.861. The molecule has 0 spiro atoms. The van der Waals surface area contributed by atoms with Crippen molar-refractivity contribution in [2.45, 2.75) is 38.3 Å². The molecule has 0 saturated carbocycles. The van der Waals surface area contributed by atoms with Crippen LogP contribution in [-0.2, 0) is 16.0 Å². The molecule has 2 amide bonds. The summed E-state index contributed by atoms with van der Waals surface area (Å²) in [6.45, 7) is 2.80. The Bertz CT molecular complexity index is 509. The van der Waals surface area contributed by atoms with E-state index in [-0.39, 0.29) is 23.9 Å². The van der Waals surface area contributed by atoms with Crippen LogP contribution in [0.4, 0.5) is 0 Å². The second-order valence-corrected chi connectivity index (χ2v) is 5.48. The minimum atomic E-state index is 0.0721. The summed E-state index contributed by atoms with van der Waals surface area (Å²) in [5.41, 5.74) is 2.24. The van der Waals surface area contributed by atoms with Gasteiger partial charge >= 0.3 is 0 Å². The lowest BCUT2D eigenvalue weighted by Crippen LogP contribution is -2.39. The first-order chi connectivity index (χ1) is 9.13. The minimum Gasteiger partial charge on any atom is -0.351 e. The summed E-state index contributed by atoms with van der Waals surface area (Å²) in [7, 11) is 0. The van der Waals surface area contributed by atoms with Crippen LogP contribution in [0.1, 0.15) is 24.0 Å². The van der Waals surface area contributed by atoms with Gasteiger partial charge in [-0.3, -0.25) is 9.59 Å². The molecule has 2 fully saturated rings. The molecule has 1 aromatic carbocycles. The highest BCUT2D eigenvalue weighted by molar-refractivity contribution is 5.84. The molecular weight excluding hydrogens is 240 g/mol. The molecule has 2 heterocycles. The number of benzene rings is 1. The van der Waals surface area contributed by atoms with Crippen molar-refractivity contribution in [2.24, 2.45) is 0 Å². The number of likely N-dealkylation sites (tertiary alicyclic amines) is 1. The predicted octanol–water partition coefficient (Wildman–Crippen LogP) is 1.03. The number of rotatable bonds is 2. The zero-order valence-corrected chi connectivity index (χ0v) is 11.1. The lowest BCUT2D eigenvalue weighted by molar-refractivity contribution is -0.131. The van der Waals surface area contributed by atoms with Gasteiger partial charge in [0.15, 0.2) is 0 Å². The van der Waals surface area contributed by atoms with Crippen molar-refractivity contribution in [1.82, 2.24) is 10.2 Å². The monoisotopic (exact) mass is 258 g/mol. The molecule has 100 valence electrons. The van der Waals surface area contributed by atoms with Crippen molar-refractivity contribution in [3.63, 3.8) is 0 Å². The van der Waals surface area contributed by atoms with Crippen molar-refractivity contribution in [2.75, 3.05) is 6.54 Å². The molecule has 4 heteroatoms. The third kappa shape index (κ3) is 2.35. The number of carbonyl (C=O) groups is 2. The molecule has 4 nitrogen and oxygen atoms in total. The zero-order chi connectivity index (χ0) is 13.4. The van der Waals surface area contributed by atoms with E-state index in [9.17, 15) is 9.59 Å². The van der Waals surface area contributed by atoms with Crippen LogP contribution in [0.3, 0.4) is 0 Å². The first kappa shape index (κ1) is 12.2. The Morgan fingerprint density at radius 3 is 2.84 bits per heavy atom. The number of carbonyl (C=O) groups excluding carboxylic acids is 2. The average molecular weight is 258 g/mol. The SMILES string of the molecule is Cc1ccc(CC(=O)N2CC[C@H]3NC(=O)C[C@@H]32)cc1. The van der Waals surface area contributed by atoms with Gasteiger partial charge in [-0.15, -0.1) is 0 Å². The van der Waals surface area contributed by atoms with Gasteiger partial charge in [0.05, 0.1) is 18.5 Å². The highest BCUT2D eigenvalue weighted by atomic mass is 16.2. The number of nitrogens with zero attached hydrogens (tertiary/aromatic N) is 1. The summed E-state index contributed by atoms with van der Waals surface area (Å²) >= 11 is 0. The minimum absolute atomic E-state index is 0.0721. The summed E-state index contributed by atoms with van der Waals surface area (Å²) in [4.78, 5) is 25.6. The smallest absolute Gasteiger partial charge is 0.227 e. The molecule has 0 aliphatic carbocycles. The standard InChI is InChI=1S/C15H18N2O2/c1-10-2-4-11(5-3-10)8-15(19)17-7-6-12-13(17)9-14(18)16-12/h2-5,12-13H,6-9H2,1H3,(H,16,18)/t12-,13+/m1/s1. The van der Waals surface area contributed by atoms with Gasteiger partial charge in [0.1, 0.15) is 0 Å². The Kier molecular flexibility index (Phi) is 3.01. The van der Waals surface area contributed by atoms with Crippen LogP contribution in [0.2, 0.25) is 0 Å². The van der Waals surface area contributed by atoms with Crippen molar-refractivity contribution in [3.8, 4) is 0 Å². The molecule has 0 aromatic heterocycles. The Morgan fingerprint density at radius 2 is 2.11 bits per heavy atom. The van der Waals surface area contributed by atoms with Crippen LogP contribution in [-0.4, -0.2) is 35.3 Å². The number of nitrogens with one attached hydrogen (secondary N) is 1. The van der Waals surface area contributed by atoms with E-state index in [1.165, 1.54) is 5.56 Å². The van der Waals surface area contributed by atoms with Gasteiger partial charge in [0, 0.05) is 13.0 Å². The molecule has 2 aliphatic heterocycles. The van der Waals surface area contributed by atoms with Crippen LogP contribution in [0.25, 0.3) is 0 Å². The van der Waals surface area contributed by atoms with Gasteiger partial charge in [-0.25, -0.2) is 0 Å². The number of fused-ring (bicyclic) bond motifs is 1. The molecule has 2 saturated heterocycles. The molecule has 0 unspecified atom stereocenters. The normalized spacial score (nSPS) is 25.3. The van der Waals surface area contributed by atoms with Crippen LogP contribution < -0.4 is 5.32 Å². The molecule has 19 heavy (non-hydrogen) atoms. The molecule has 2 atom stereocenters. The van der Waals surface area contributed by atoms with E-state index in [1.54, 1.807) is 0 Å². The summed E-state index contributed by atoms with van der Waals surface area (Å²) in [5.74, 6) is 0.204.